The SMILES string of the molecule is CC(C)C(=O)Nc1nc2c(ncn2C2COC34COCOC3C2OC4)c(=O)[nH]1. The van der Waals surface area contributed by atoms with Gasteiger partial charge in [0.2, 0.25) is 11.9 Å². The second-order valence-corrected chi connectivity index (χ2v) is 7.65. The molecule has 28 heavy (non-hydrogen) atoms. The van der Waals surface area contributed by atoms with Crippen LogP contribution in [0, 0.1) is 5.92 Å². The van der Waals surface area contributed by atoms with Crippen LogP contribution in [-0.4, -0.2) is 69.8 Å². The minimum absolute atomic E-state index is 0.0821. The van der Waals surface area contributed by atoms with E-state index in [9.17, 15) is 9.59 Å². The third-order valence-corrected chi connectivity index (χ3v) is 5.49. The molecule has 150 valence electrons. The molecule has 3 saturated heterocycles. The fourth-order valence-electron chi connectivity index (χ4n) is 3.96. The van der Waals surface area contributed by atoms with Crippen molar-refractivity contribution < 1.29 is 23.7 Å². The summed E-state index contributed by atoms with van der Waals surface area (Å²) in [5.74, 6) is -0.406. The quantitative estimate of drug-likeness (QED) is 0.736. The minimum atomic E-state index is -0.586. The minimum Gasteiger partial charge on any atom is -0.370 e. The van der Waals surface area contributed by atoms with E-state index in [1.54, 1.807) is 24.7 Å². The molecule has 11 heteroatoms. The molecule has 4 unspecified atom stereocenters. The Morgan fingerprint density at radius 1 is 1.39 bits per heavy atom. The van der Waals surface area contributed by atoms with Gasteiger partial charge in [-0.1, -0.05) is 13.8 Å². The Hall–Kier alpha value is -2.34. The number of fused-ring (bicyclic) bond motifs is 1. The Labute approximate surface area is 159 Å². The number of rotatable bonds is 3. The predicted octanol–water partition coefficient (Wildman–Crippen LogP) is -0.204. The van der Waals surface area contributed by atoms with Gasteiger partial charge in [0.25, 0.3) is 5.56 Å². The Morgan fingerprint density at radius 2 is 2.25 bits per heavy atom. The van der Waals surface area contributed by atoms with Gasteiger partial charge in [-0.3, -0.25) is 19.9 Å². The number of amides is 1. The highest BCUT2D eigenvalue weighted by molar-refractivity contribution is 5.91. The molecule has 5 rings (SSSR count). The average molecular weight is 391 g/mol. The molecule has 3 aliphatic heterocycles. The van der Waals surface area contributed by atoms with E-state index in [2.05, 4.69) is 20.3 Å². The number of hydrogen-bond acceptors (Lipinski definition) is 8. The number of anilines is 1. The van der Waals surface area contributed by atoms with Gasteiger partial charge in [0, 0.05) is 5.92 Å². The van der Waals surface area contributed by atoms with Crippen molar-refractivity contribution in [3.63, 3.8) is 0 Å². The van der Waals surface area contributed by atoms with Crippen LogP contribution in [0.5, 0.6) is 0 Å². The number of aromatic amines is 1. The summed E-state index contributed by atoms with van der Waals surface area (Å²) in [6.45, 7) is 4.86. The second-order valence-electron chi connectivity index (χ2n) is 7.65. The van der Waals surface area contributed by atoms with Crippen molar-refractivity contribution in [2.45, 2.75) is 37.7 Å². The number of nitrogens with one attached hydrogen (secondary N) is 2. The first-order valence-corrected chi connectivity index (χ1v) is 9.21. The maximum Gasteiger partial charge on any atom is 0.280 e. The van der Waals surface area contributed by atoms with Crippen LogP contribution >= 0.6 is 0 Å². The van der Waals surface area contributed by atoms with E-state index < -0.39 is 11.2 Å². The summed E-state index contributed by atoms with van der Waals surface area (Å²) in [6.07, 6.45) is 1.01. The van der Waals surface area contributed by atoms with E-state index in [4.69, 9.17) is 18.9 Å². The molecule has 2 aromatic heterocycles. The molecule has 0 spiro atoms. The predicted molar refractivity (Wildman–Crippen MR) is 94.8 cm³/mol. The van der Waals surface area contributed by atoms with E-state index in [0.29, 0.717) is 25.5 Å². The lowest BCUT2D eigenvalue weighted by Gasteiger charge is -2.44. The van der Waals surface area contributed by atoms with Gasteiger partial charge in [-0.15, -0.1) is 0 Å². The van der Waals surface area contributed by atoms with Gasteiger partial charge in [0.1, 0.15) is 24.6 Å². The van der Waals surface area contributed by atoms with E-state index in [-0.39, 0.29) is 48.3 Å². The van der Waals surface area contributed by atoms with Crippen LogP contribution in [0.25, 0.3) is 11.2 Å². The van der Waals surface area contributed by atoms with Crippen molar-refractivity contribution in [3.8, 4) is 0 Å². The lowest BCUT2D eigenvalue weighted by molar-refractivity contribution is -0.267. The van der Waals surface area contributed by atoms with Crippen LogP contribution in [0.3, 0.4) is 0 Å². The van der Waals surface area contributed by atoms with Crippen molar-refractivity contribution in [1.29, 1.82) is 0 Å². The van der Waals surface area contributed by atoms with Crippen molar-refractivity contribution in [1.82, 2.24) is 19.5 Å². The van der Waals surface area contributed by atoms with Gasteiger partial charge in [0.15, 0.2) is 11.2 Å². The molecular weight excluding hydrogens is 370 g/mol. The Bertz CT molecular complexity index is 986. The van der Waals surface area contributed by atoms with Crippen molar-refractivity contribution in [2.24, 2.45) is 5.92 Å². The van der Waals surface area contributed by atoms with Crippen LogP contribution in [0.1, 0.15) is 19.9 Å². The van der Waals surface area contributed by atoms with Crippen LogP contribution in [0.4, 0.5) is 5.95 Å². The standard InChI is InChI=1S/C17H21N5O6/c1-8(2)14(23)20-16-19-13-10(15(24)21-16)18-6-22(13)9-3-28-17-4-25-7-27-12(17)11(9)26-5-17/h6,8-9,11-12H,3-5,7H2,1-2H3,(H2,19,20,21,23,24). The molecule has 11 nitrogen and oxygen atoms in total. The first-order valence-electron chi connectivity index (χ1n) is 9.21. The molecule has 3 aliphatic rings. The molecular formula is C17H21N5O6. The maximum absolute atomic E-state index is 12.4. The Morgan fingerprint density at radius 3 is 3.07 bits per heavy atom. The van der Waals surface area contributed by atoms with Gasteiger partial charge < -0.3 is 23.5 Å². The van der Waals surface area contributed by atoms with E-state index in [0.717, 1.165) is 0 Å². The van der Waals surface area contributed by atoms with Crippen molar-refractivity contribution in [3.05, 3.63) is 16.7 Å². The largest absolute Gasteiger partial charge is 0.370 e. The topological polar surface area (TPSA) is 130 Å². The molecule has 1 amide bonds. The summed E-state index contributed by atoms with van der Waals surface area (Å²) in [7, 11) is 0. The smallest absolute Gasteiger partial charge is 0.280 e. The number of ether oxygens (including phenoxy) is 4. The summed E-state index contributed by atoms with van der Waals surface area (Å²) < 4.78 is 25.0. The van der Waals surface area contributed by atoms with Crippen LogP contribution in [0.15, 0.2) is 11.1 Å². The molecule has 0 saturated carbocycles. The van der Waals surface area contributed by atoms with Gasteiger partial charge in [-0.05, 0) is 0 Å². The lowest BCUT2D eigenvalue weighted by Crippen LogP contribution is -2.60. The number of nitrogens with zero attached hydrogens (tertiary/aromatic N) is 3. The molecule has 0 aromatic carbocycles. The molecule has 3 fully saturated rings. The Kier molecular flexibility index (Phi) is 4.02. The number of imidazole rings is 1. The summed E-state index contributed by atoms with van der Waals surface area (Å²) in [4.78, 5) is 35.6. The van der Waals surface area contributed by atoms with Crippen LogP contribution in [0.2, 0.25) is 0 Å². The summed E-state index contributed by atoms with van der Waals surface area (Å²) in [5, 5.41) is 2.62. The fourth-order valence-corrected chi connectivity index (χ4v) is 3.96. The molecule has 2 aromatic rings. The van der Waals surface area contributed by atoms with Gasteiger partial charge in [-0.2, -0.15) is 4.98 Å². The molecule has 0 aliphatic carbocycles. The monoisotopic (exact) mass is 391 g/mol. The van der Waals surface area contributed by atoms with Gasteiger partial charge >= 0.3 is 0 Å². The van der Waals surface area contributed by atoms with E-state index in [1.165, 1.54) is 0 Å². The highest BCUT2D eigenvalue weighted by Crippen LogP contribution is 2.43. The van der Waals surface area contributed by atoms with Crippen molar-refractivity contribution in [2.75, 3.05) is 31.9 Å². The van der Waals surface area contributed by atoms with Crippen LogP contribution in [-0.2, 0) is 23.7 Å². The molecule has 2 N–H and O–H groups in total. The van der Waals surface area contributed by atoms with E-state index >= 15 is 0 Å². The van der Waals surface area contributed by atoms with E-state index in [1.807, 2.05) is 0 Å². The first kappa shape index (κ1) is 17.7. The third-order valence-electron chi connectivity index (χ3n) is 5.49. The first-order chi connectivity index (χ1) is 13.5. The fraction of sp³-hybridized carbons (Fsp3) is 0.647. The molecule has 5 heterocycles. The molecule has 0 radical (unpaired) electrons. The lowest BCUT2D eigenvalue weighted by atomic mass is 9.90. The zero-order chi connectivity index (χ0) is 19.5. The normalized spacial score (nSPS) is 31.9. The Balaban J connectivity index is 1.52. The van der Waals surface area contributed by atoms with Crippen molar-refractivity contribution >= 4 is 23.0 Å². The van der Waals surface area contributed by atoms with Gasteiger partial charge in [0.05, 0.1) is 32.2 Å². The summed E-state index contributed by atoms with van der Waals surface area (Å²) in [6, 6.07) is -0.272. The zero-order valence-corrected chi connectivity index (χ0v) is 15.5. The van der Waals surface area contributed by atoms with Gasteiger partial charge in [-0.25, -0.2) is 4.98 Å². The third kappa shape index (κ3) is 2.58. The number of H-pyrrole nitrogens is 1. The summed E-state index contributed by atoms with van der Waals surface area (Å²) in [5.41, 5.74) is -0.475. The highest BCUT2D eigenvalue weighted by Gasteiger charge is 2.60. The molecule has 4 atom stereocenters. The highest BCUT2D eigenvalue weighted by atomic mass is 16.7. The number of hydrogen-bond donors (Lipinski definition) is 2. The molecule has 2 bridgehead atoms. The maximum atomic E-state index is 12.4. The van der Waals surface area contributed by atoms with Crippen LogP contribution < -0.4 is 10.9 Å². The zero-order valence-electron chi connectivity index (χ0n) is 15.5. The number of carbonyl (C=O) groups excluding carboxylic acids is 1. The number of aromatic nitrogens is 4. The number of carbonyl (C=O) groups is 1. The summed E-state index contributed by atoms with van der Waals surface area (Å²) >= 11 is 0. The average Bonchev–Trinajstić information content (AvgIpc) is 3.21. The second kappa shape index (κ2) is 6.34.